The van der Waals surface area contributed by atoms with Crippen LogP contribution < -0.4 is 25.4 Å². The van der Waals surface area contributed by atoms with E-state index in [0.717, 1.165) is 0 Å². The Morgan fingerprint density at radius 2 is 1.90 bits per heavy atom. The smallest absolute Gasteiger partial charge is 0.283 e. The zero-order valence-electron chi connectivity index (χ0n) is 25.0. The highest BCUT2D eigenvalue weighted by Gasteiger charge is 2.23. The van der Waals surface area contributed by atoms with Crippen molar-refractivity contribution in [1.82, 2.24) is 35.4 Å². The number of nitrogens with one attached hydrogen (secondary N) is 3. The number of rotatable bonds is 9. The average Bonchev–Trinajstić information content (AvgIpc) is 3.51. The van der Waals surface area contributed by atoms with Crippen molar-refractivity contribution in [3.05, 3.63) is 52.7 Å². The third-order valence-electron chi connectivity index (χ3n) is 5.97. The van der Waals surface area contributed by atoms with E-state index in [2.05, 4.69) is 35.8 Å². The molecule has 15 heteroatoms. The molecule has 3 aromatic heterocycles. The second-order valence-electron chi connectivity index (χ2n) is 8.47. The molecule has 1 aromatic carbocycles. The fraction of sp³-hybridized carbons (Fsp3) is 0.269. The summed E-state index contributed by atoms with van der Waals surface area (Å²) in [6, 6.07) is 6.68. The van der Waals surface area contributed by atoms with Crippen molar-refractivity contribution in [2.24, 2.45) is 0 Å². The fourth-order valence-electron chi connectivity index (χ4n) is 3.99. The molecule has 0 atom stereocenters. The summed E-state index contributed by atoms with van der Waals surface area (Å²) < 4.78 is 38.4. The van der Waals surface area contributed by atoms with Gasteiger partial charge in [0.2, 0.25) is 5.88 Å². The molecule has 0 unspecified atom stereocenters. The minimum Gasteiger partial charge on any atom is -0.494 e. The van der Waals surface area contributed by atoms with Gasteiger partial charge in [-0.1, -0.05) is 6.07 Å². The van der Waals surface area contributed by atoms with Crippen molar-refractivity contribution in [3.8, 4) is 22.9 Å². The van der Waals surface area contributed by atoms with Crippen molar-refractivity contribution < 1.29 is 27.9 Å². The summed E-state index contributed by atoms with van der Waals surface area (Å²) in [5.41, 5.74) is 1.33. The third-order valence-corrected chi connectivity index (χ3v) is 6.80. The molecule has 4 aromatic rings. The number of methoxy groups -OCH3 is 2. The topological polar surface area (TPSA) is 166 Å². The molecule has 1 aliphatic heterocycles. The highest BCUT2D eigenvalue weighted by atomic mass is 32.1. The van der Waals surface area contributed by atoms with Gasteiger partial charge < -0.3 is 35.1 Å². The second-order valence-corrected chi connectivity index (χ2v) is 9.33. The van der Waals surface area contributed by atoms with Crippen LogP contribution in [0.2, 0.25) is 0 Å². The Kier molecular flexibility index (Phi) is 7.32. The SMILES string of the molecule is [2H]C([2H])([2H])NC(=O)c1nnc(Nc2cnc(OC)cn2)cc1Nc1cccc(-c2csc(C(=O)N3CCOCC3)n2)c1OC. The average molecular weight is 581 g/mol. The lowest BCUT2D eigenvalue weighted by molar-refractivity contribution is 0.0302. The minimum absolute atomic E-state index is 0.114. The molecule has 1 fully saturated rings. The van der Waals surface area contributed by atoms with E-state index in [1.807, 2.05) is 5.32 Å². The lowest BCUT2D eigenvalue weighted by Crippen LogP contribution is -2.40. The highest BCUT2D eigenvalue weighted by Crippen LogP contribution is 2.39. The molecule has 0 spiro atoms. The Morgan fingerprint density at radius 3 is 2.63 bits per heavy atom. The van der Waals surface area contributed by atoms with Gasteiger partial charge in [-0.05, 0) is 12.1 Å². The first kappa shape index (κ1) is 24.0. The van der Waals surface area contributed by atoms with Crippen LogP contribution in [0.15, 0.2) is 42.0 Å². The van der Waals surface area contributed by atoms with Gasteiger partial charge in [0.15, 0.2) is 22.3 Å². The summed E-state index contributed by atoms with van der Waals surface area (Å²) in [6.45, 7) is -0.810. The molecule has 3 N–H and O–H groups in total. The molecule has 41 heavy (non-hydrogen) atoms. The largest absolute Gasteiger partial charge is 0.494 e. The van der Waals surface area contributed by atoms with E-state index in [9.17, 15) is 9.59 Å². The zero-order valence-corrected chi connectivity index (χ0v) is 22.8. The van der Waals surface area contributed by atoms with E-state index in [4.69, 9.17) is 18.3 Å². The number of aromatic nitrogens is 5. The number of ether oxygens (including phenoxy) is 3. The number of para-hydroxylation sites is 1. The van der Waals surface area contributed by atoms with E-state index in [0.29, 0.717) is 65.7 Å². The molecule has 14 nitrogen and oxygen atoms in total. The van der Waals surface area contributed by atoms with Gasteiger partial charge in [-0.2, -0.15) is 0 Å². The van der Waals surface area contributed by atoms with Gasteiger partial charge in [0.1, 0.15) is 5.82 Å². The Hall–Kier alpha value is -4.89. The Bertz CT molecular complexity index is 1650. The molecule has 2 amide bonds. The Labute approximate surface area is 243 Å². The maximum absolute atomic E-state index is 13.0. The number of hydrogen-bond acceptors (Lipinski definition) is 13. The van der Waals surface area contributed by atoms with E-state index >= 15 is 0 Å². The summed E-state index contributed by atoms with van der Waals surface area (Å²) in [6.07, 6.45) is 2.82. The van der Waals surface area contributed by atoms with E-state index < -0.39 is 12.9 Å². The predicted molar refractivity (Wildman–Crippen MR) is 151 cm³/mol. The first-order chi connectivity index (χ1) is 21.1. The molecule has 0 radical (unpaired) electrons. The highest BCUT2D eigenvalue weighted by molar-refractivity contribution is 7.12. The molecule has 212 valence electrons. The summed E-state index contributed by atoms with van der Waals surface area (Å²) in [4.78, 5) is 40.4. The zero-order chi connectivity index (χ0) is 31.3. The summed E-state index contributed by atoms with van der Waals surface area (Å²) in [5.74, 6) is 0.0152. The molecular weight excluding hydrogens is 550 g/mol. The normalized spacial score (nSPS) is 14.3. The molecule has 1 saturated heterocycles. The van der Waals surface area contributed by atoms with Crippen molar-refractivity contribution in [3.63, 3.8) is 0 Å². The van der Waals surface area contributed by atoms with E-state index in [-0.39, 0.29) is 23.1 Å². The monoisotopic (exact) mass is 580 g/mol. The molecule has 0 saturated carbocycles. The fourth-order valence-corrected chi connectivity index (χ4v) is 4.78. The van der Waals surface area contributed by atoms with Crippen LogP contribution >= 0.6 is 11.3 Å². The standard InChI is InChI=1S/C26H27N9O5S/c1-27-24(36)22-17(11-19(33-34-22)32-20-12-29-21(38-2)13-28-20)30-16-6-4-5-15(23(16)39-3)18-14-41-25(31-18)26(37)35-7-9-40-10-8-35/h4-6,11-14H,7-10H2,1-3H3,(H,27,36)(H2,28,30,32,33)/i1D3. The number of anilines is 4. The van der Waals surface area contributed by atoms with E-state index in [1.165, 1.54) is 44.0 Å². The van der Waals surface area contributed by atoms with Crippen molar-refractivity contribution in [2.75, 3.05) is 58.1 Å². The predicted octanol–water partition coefficient (Wildman–Crippen LogP) is 2.73. The van der Waals surface area contributed by atoms with Crippen LogP contribution in [0.3, 0.4) is 0 Å². The van der Waals surface area contributed by atoms with Crippen LogP contribution in [0.4, 0.5) is 23.0 Å². The molecule has 0 aliphatic carbocycles. The quantitative estimate of drug-likeness (QED) is 0.265. The van der Waals surface area contributed by atoms with Crippen LogP contribution in [-0.4, -0.2) is 89.4 Å². The maximum atomic E-state index is 13.0. The van der Waals surface area contributed by atoms with Gasteiger partial charge in [0, 0.05) is 41.2 Å². The number of morpholine rings is 1. The number of amides is 2. The summed E-state index contributed by atoms with van der Waals surface area (Å²) in [5, 5.41) is 18.1. The first-order valence-corrected chi connectivity index (χ1v) is 13.1. The lowest BCUT2D eigenvalue weighted by Gasteiger charge is -2.25. The molecule has 1 aliphatic rings. The molecule has 4 heterocycles. The van der Waals surface area contributed by atoms with Gasteiger partial charge in [-0.15, -0.1) is 21.5 Å². The van der Waals surface area contributed by atoms with Gasteiger partial charge in [-0.25, -0.2) is 15.0 Å². The Balaban J connectivity index is 1.47. The van der Waals surface area contributed by atoms with Crippen LogP contribution in [0.1, 0.15) is 24.4 Å². The summed E-state index contributed by atoms with van der Waals surface area (Å²) >= 11 is 1.22. The lowest BCUT2D eigenvalue weighted by atomic mass is 10.1. The van der Waals surface area contributed by atoms with Crippen LogP contribution in [-0.2, 0) is 4.74 Å². The third kappa shape index (κ3) is 6.15. The number of nitrogens with zero attached hydrogens (tertiary/aromatic N) is 6. The number of hydrogen-bond donors (Lipinski definition) is 3. The summed E-state index contributed by atoms with van der Waals surface area (Å²) in [7, 11) is 2.93. The van der Waals surface area contributed by atoms with Crippen LogP contribution in [0, 0.1) is 0 Å². The Morgan fingerprint density at radius 1 is 1.05 bits per heavy atom. The molecular formula is C26H27N9O5S. The van der Waals surface area contributed by atoms with Gasteiger partial charge in [-0.3, -0.25) is 9.59 Å². The van der Waals surface area contributed by atoms with Gasteiger partial charge in [0.25, 0.3) is 11.8 Å². The van der Waals surface area contributed by atoms with Gasteiger partial charge >= 0.3 is 0 Å². The van der Waals surface area contributed by atoms with Crippen molar-refractivity contribution in [2.45, 2.75) is 0 Å². The van der Waals surface area contributed by atoms with Crippen LogP contribution in [0.5, 0.6) is 11.6 Å². The number of carbonyl (C=O) groups is 2. The first-order valence-electron chi connectivity index (χ1n) is 13.8. The second kappa shape index (κ2) is 12.5. The number of thiazole rings is 1. The maximum Gasteiger partial charge on any atom is 0.283 e. The van der Waals surface area contributed by atoms with Crippen molar-refractivity contribution in [1.29, 1.82) is 0 Å². The van der Waals surface area contributed by atoms with E-state index in [1.54, 1.807) is 28.5 Å². The molecule has 5 rings (SSSR count). The minimum atomic E-state index is -2.76. The van der Waals surface area contributed by atoms with Gasteiger partial charge in [0.05, 0.1) is 56.9 Å². The number of benzene rings is 1. The van der Waals surface area contributed by atoms with Crippen LogP contribution in [0.25, 0.3) is 11.3 Å². The van der Waals surface area contributed by atoms with Crippen molar-refractivity contribution >= 4 is 46.2 Å². The number of carbonyl (C=O) groups excluding carboxylic acids is 2. The molecule has 0 bridgehead atoms.